The predicted octanol–water partition coefficient (Wildman–Crippen LogP) is 4.16. The Hall–Kier alpha value is -1.76. The third-order valence-electron chi connectivity index (χ3n) is 4.39. The minimum atomic E-state index is -0.0975. The first-order valence-electron chi connectivity index (χ1n) is 8.65. The number of ether oxygens (including phenoxy) is 1. The van der Waals surface area contributed by atoms with Crippen LogP contribution in [0.5, 0.6) is 5.75 Å². The summed E-state index contributed by atoms with van der Waals surface area (Å²) in [6.07, 6.45) is 1.45. The summed E-state index contributed by atoms with van der Waals surface area (Å²) in [6, 6.07) is 8.74. The van der Waals surface area contributed by atoms with E-state index in [9.17, 15) is 9.59 Å². The normalized spacial score (nSPS) is 14.9. The Bertz CT molecular complexity index is 832. The first-order chi connectivity index (χ1) is 12.9. The van der Waals surface area contributed by atoms with Crippen LogP contribution in [0.3, 0.4) is 0 Å². The van der Waals surface area contributed by atoms with Crippen LogP contribution in [0.2, 0.25) is 10.0 Å². The number of halogens is 2. The fourth-order valence-electron chi connectivity index (χ4n) is 2.91. The maximum absolute atomic E-state index is 12.3. The molecule has 3 rings (SSSR count). The molecule has 1 fully saturated rings. The number of nitrogens with one attached hydrogen (secondary N) is 1. The lowest BCUT2D eigenvalue weighted by Crippen LogP contribution is -2.47. The fourth-order valence-corrected chi connectivity index (χ4v) is 4.14. The monoisotopic (exact) mass is 426 g/mol. The fraction of sp³-hybridized carbons (Fsp3) is 0.368. The largest absolute Gasteiger partial charge is 0.482 e. The maximum Gasteiger partial charge on any atom is 0.261 e. The van der Waals surface area contributed by atoms with Crippen LogP contribution in [-0.2, 0) is 4.79 Å². The van der Waals surface area contributed by atoms with E-state index in [1.54, 1.807) is 23.1 Å². The van der Waals surface area contributed by atoms with Gasteiger partial charge in [0.1, 0.15) is 5.75 Å². The SMILES string of the molecule is Cc1ccc(C(=O)NC2CCN(C(=O)COc3ccc(Cl)cc3Cl)CC2)s1. The molecule has 1 aromatic carbocycles. The zero-order valence-electron chi connectivity index (χ0n) is 14.8. The summed E-state index contributed by atoms with van der Waals surface area (Å²) < 4.78 is 5.51. The molecule has 2 heterocycles. The van der Waals surface area contributed by atoms with Crippen LogP contribution in [0.1, 0.15) is 27.4 Å². The zero-order valence-corrected chi connectivity index (χ0v) is 17.2. The van der Waals surface area contributed by atoms with Crippen molar-refractivity contribution >= 4 is 46.4 Å². The molecule has 1 N–H and O–H groups in total. The number of carbonyl (C=O) groups is 2. The quantitative estimate of drug-likeness (QED) is 0.780. The molecule has 144 valence electrons. The topological polar surface area (TPSA) is 58.6 Å². The van der Waals surface area contributed by atoms with Crippen molar-refractivity contribution in [3.05, 3.63) is 50.1 Å². The number of rotatable bonds is 5. The number of likely N-dealkylation sites (tertiary alicyclic amines) is 1. The highest BCUT2D eigenvalue weighted by Crippen LogP contribution is 2.27. The number of hydrogen-bond acceptors (Lipinski definition) is 4. The van der Waals surface area contributed by atoms with E-state index < -0.39 is 0 Å². The summed E-state index contributed by atoms with van der Waals surface area (Å²) in [7, 11) is 0. The van der Waals surface area contributed by atoms with Crippen molar-refractivity contribution in [3.8, 4) is 5.75 Å². The molecule has 0 unspecified atom stereocenters. The Morgan fingerprint density at radius 3 is 2.59 bits per heavy atom. The van der Waals surface area contributed by atoms with Gasteiger partial charge in [0.15, 0.2) is 6.61 Å². The van der Waals surface area contributed by atoms with E-state index in [0.29, 0.717) is 28.9 Å². The molecule has 2 amide bonds. The van der Waals surface area contributed by atoms with Gasteiger partial charge < -0.3 is 15.0 Å². The van der Waals surface area contributed by atoms with Gasteiger partial charge in [-0.1, -0.05) is 23.2 Å². The van der Waals surface area contributed by atoms with Gasteiger partial charge in [0.05, 0.1) is 9.90 Å². The number of thiophene rings is 1. The van der Waals surface area contributed by atoms with Crippen molar-refractivity contribution in [1.82, 2.24) is 10.2 Å². The van der Waals surface area contributed by atoms with Gasteiger partial charge in [0.2, 0.25) is 0 Å². The van der Waals surface area contributed by atoms with Crippen LogP contribution in [0.15, 0.2) is 30.3 Å². The molecule has 1 aliphatic rings. The standard InChI is InChI=1S/C19H20Cl2N2O3S/c1-12-2-5-17(27-12)19(25)22-14-6-8-23(9-7-14)18(24)11-26-16-4-3-13(20)10-15(16)21/h2-5,10,14H,6-9,11H2,1H3,(H,22,25). The summed E-state index contributed by atoms with van der Waals surface area (Å²) >= 11 is 13.4. The highest BCUT2D eigenvalue weighted by Gasteiger charge is 2.24. The number of amides is 2. The maximum atomic E-state index is 12.3. The smallest absolute Gasteiger partial charge is 0.261 e. The van der Waals surface area contributed by atoms with Crippen LogP contribution in [0.25, 0.3) is 0 Å². The molecule has 27 heavy (non-hydrogen) atoms. The number of carbonyl (C=O) groups excluding carboxylic acids is 2. The number of benzene rings is 1. The molecule has 8 heteroatoms. The molecule has 5 nitrogen and oxygen atoms in total. The van der Waals surface area contributed by atoms with Crippen molar-refractivity contribution in [2.45, 2.75) is 25.8 Å². The van der Waals surface area contributed by atoms with Gasteiger partial charge in [-0.15, -0.1) is 11.3 Å². The summed E-state index contributed by atoms with van der Waals surface area (Å²) in [5, 5.41) is 3.94. The van der Waals surface area contributed by atoms with Crippen molar-refractivity contribution in [1.29, 1.82) is 0 Å². The van der Waals surface area contributed by atoms with Crippen molar-refractivity contribution < 1.29 is 14.3 Å². The first-order valence-corrected chi connectivity index (χ1v) is 10.2. The number of piperidine rings is 1. The van der Waals surface area contributed by atoms with E-state index in [-0.39, 0.29) is 24.5 Å². The highest BCUT2D eigenvalue weighted by molar-refractivity contribution is 7.13. The summed E-state index contributed by atoms with van der Waals surface area (Å²) in [5.74, 6) is 0.293. The third kappa shape index (κ3) is 5.37. The predicted molar refractivity (Wildman–Crippen MR) is 108 cm³/mol. The van der Waals surface area contributed by atoms with Crippen LogP contribution >= 0.6 is 34.5 Å². The molecule has 2 aromatic rings. The van der Waals surface area contributed by atoms with Gasteiger partial charge >= 0.3 is 0 Å². The minimum Gasteiger partial charge on any atom is -0.482 e. The van der Waals surface area contributed by atoms with Crippen LogP contribution in [-0.4, -0.2) is 42.5 Å². The second-order valence-electron chi connectivity index (χ2n) is 6.40. The highest BCUT2D eigenvalue weighted by atomic mass is 35.5. The van der Waals surface area contributed by atoms with E-state index in [4.69, 9.17) is 27.9 Å². The Kier molecular flexibility index (Phi) is 6.63. The number of nitrogens with zero attached hydrogens (tertiary/aromatic N) is 1. The molecule has 0 aliphatic carbocycles. The van der Waals surface area contributed by atoms with Crippen LogP contribution in [0.4, 0.5) is 0 Å². The lowest BCUT2D eigenvalue weighted by atomic mass is 10.0. The molecule has 0 spiro atoms. The van der Waals surface area contributed by atoms with Gasteiger partial charge in [-0.25, -0.2) is 0 Å². The minimum absolute atomic E-state index is 0.0430. The first kappa shape index (κ1) is 20.0. The lowest BCUT2D eigenvalue weighted by molar-refractivity contribution is -0.134. The third-order valence-corrected chi connectivity index (χ3v) is 5.92. The van der Waals surface area contributed by atoms with E-state index in [0.717, 1.165) is 22.6 Å². The van der Waals surface area contributed by atoms with Gasteiger partial charge in [-0.05, 0) is 50.1 Å². The second-order valence-corrected chi connectivity index (χ2v) is 8.53. The molecular weight excluding hydrogens is 407 g/mol. The molecule has 1 aromatic heterocycles. The van der Waals surface area contributed by atoms with Crippen molar-refractivity contribution in [2.75, 3.05) is 19.7 Å². The van der Waals surface area contributed by atoms with Gasteiger partial charge in [0, 0.05) is 29.0 Å². The molecule has 0 atom stereocenters. The van der Waals surface area contributed by atoms with Crippen LogP contribution in [0, 0.1) is 6.92 Å². The lowest BCUT2D eigenvalue weighted by Gasteiger charge is -2.32. The summed E-state index contributed by atoms with van der Waals surface area (Å²) in [5.41, 5.74) is 0. The Labute approximate surface area is 172 Å². The summed E-state index contributed by atoms with van der Waals surface area (Å²) in [6.45, 7) is 3.08. The second kappa shape index (κ2) is 8.95. The van der Waals surface area contributed by atoms with Crippen molar-refractivity contribution in [2.24, 2.45) is 0 Å². The number of hydrogen-bond donors (Lipinski definition) is 1. The van der Waals surface area contributed by atoms with Gasteiger partial charge in [0.25, 0.3) is 11.8 Å². The summed E-state index contributed by atoms with van der Waals surface area (Å²) in [4.78, 5) is 28.2. The molecule has 0 radical (unpaired) electrons. The van der Waals surface area contributed by atoms with Gasteiger partial charge in [-0.3, -0.25) is 9.59 Å². The Morgan fingerprint density at radius 2 is 1.96 bits per heavy atom. The Morgan fingerprint density at radius 1 is 1.22 bits per heavy atom. The average molecular weight is 427 g/mol. The molecule has 0 bridgehead atoms. The zero-order chi connectivity index (χ0) is 19.4. The molecular formula is C19H20Cl2N2O3S. The average Bonchev–Trinajstić information content (AvgIpc) is 3.08. The van der Waals surface area contributed by atoms with Crippen LogP contribution < -0.4 is 10.1 Å². The van der Waals surface area contributed by atoms with E-state index >= 15 is 0 Å². The Balaban J connectivity index is 1.44. The van der Waals surface area contributed by atoms with E-state index in [1.165, 1.54) is 11.3 Å². The molecule has 1 aliphatic heterocycles. The molecule has 0 saturated carbocycles. The molecule has 1 saturated heterocycles. The van der Waals surface area contributed by atoms with E-state index in [1.807, 2.05) is 19.1 Å². The van der Waals surface area contributed by atoms with E-state index in [2.05, 4.69) is 5.32 Å². The van der Waals surface area contributed by atoms with Crippen molar-refractivity contribution in [3.63, 3.8) is 0 Å². The number of aryl methyl sites for hydroxylation is 1. The van der Waals surface area contributed by atoms with Gasteiger partial charge in [-0.2, -0.15) is 0 Å².